The molecule has 3 aliphatic carbocycles. The molecule has 4 rings (SSSR count). The van der Waals surface area contributed by atoms with Crippen LogP contribution in [0.25, 0.3) is 6.08 Å². The van der Waals surface area contributed by atoms with E-state index in [9.17, 15) is 0 Å². The molecule has 1 aromatic carbocycles. The van der Waals surface area contributed by atoms with Gasteiger partial charge < -0.3 is 0 Å². The second-order valence-corrected chi connectivity index (χ2v) is 7.88. The van der Waals surface area contributed by atoms with Gasteiger partial charge in [-0.1, -0.05) is 57.2 Å². The summed E-state index contributed by atoms with van der Waals surface area (Å²) in [4.78, 5) is 0. The quantitative estimate of drug-likeness (QED) is 0.601. The average molecular weight is 252 g/mol. The summed E-state index contributed by atoms with van der Waals surface area (Å²) in [6.07, 6.45) is 7.78. The molecule has 0 radical (unpaired) electrons. The van der Waals surface area contributed by atoms with Crippen molar-refractivity contribution in [3.63, 3.8) is 0 Å². The molecule has 0 spiro atoms. The summed E-state index contributed by atoms with van der Waals surface area (Å²) in [5, 5.41) is 0. The lowest BCUT2D eigenvalue weighted by molar-refractivity contribution is 0.300. The van der Waals surface area contributed by atoms with Gasteiger partial charge in [0, 0.05) is 0 Å². The van der Waals surface area contributed by atoms with E-state index in [1.165, 1.54) is 18.4 Å². The van der Waals surface area contributed by atoms with Crippen molar-refractivity contribution in [2.45, 2.75) is 39.5 Å². The van der Waals surface area contributed by atoms with Gasteiger partial charge in [0.15, 0.2) is 0 Å². The van der Waals surface area contributed by atoms with E-state index in [0.29, 0.717) is 5.41 Å². The van der Waals surface area contributed by atoms with Crippen LogP contribution < -0.4 is 0 Å². The number of fused-ring (bicyclic) bond motifs is 5. The Bertz CT molecular complexity index is 531. The Hall–Kier alpha value is -1.04. The Morgan fingerprint density at radius 1 is 1.05 bits per heavy atom. The Kier molecular flexibility index (Phi) is 2.32. The lowest BCUT2D eigenvalue weighted by Crippen LogP contribution is -2.22. The molecule has 0 saturated heterocycles. The zero-order chi connectivity index (χ0) is 13.2. The molecule has 0 aliphatic heterocycles. The van der Waals surface area contributed by atoms with Crippen molar-refractivity contribution >= 4 is 6.08 Å². The topological polar surface area (TPSA) is 0 Å². The molecule has 1 aromatic rings. The molecule has 0 aromatic heterocycles. The Labute approximate surface area is 116 Å². The van der Waals surface area contributed by atoms with E-state index in [-0.39, 0.29) is 0 Å². The Balaban J connectivity index is 1.69. The average Bonchev–Trinajstić information content (AvgIpc) is 3.12. The highest BCUT2D eigenvalue weighted by Gasteiger charge is 2.61. The molecule has 0 nitrogen and oxygen atoms in total. The fourth-order valence-electron chi connectivity index (χ4n) is 5.19. The lowest BCUT2D eigenvalue weighted by Gasteiger charge is -2.33. The molecule has 5 atom stereocenters. The Morgan fingerprint density at radius 2 is 1.84 bits per heavy atom. The standard InChI is InChI=1S/C19H24/c1-19(2,3)18-16-11-10-14-13-7-5-4-6-12(13)8-9-15(14)17(16)18/h4-9,14-18H,10-11H2,1-3H3. The van der Waals surface area contributed by atoms with E-state index >= 15 is 0 Å². The maximum atomic E-state index is 2.54. The van der Waals surface area contributed by atoms with Gasteiger partial charge in [0.2, 0.25) is 0 Å². The van der Waals surface area contributed by atoms with Gasteiger partial charge in [0.1, 0.15) is 0 Å². The van der Waals surface area contributed by atoms with Crippen molar-refractivity contribution in [1.82, 2.24) is 0 Å². The van der Waals surface area contributed by atoms with Crippen LogP contribution in [0.15, 0.2) is 30.3 Å². The highest BCUT2D eigenvalue weighted by Crippen LogP contribution is 2.68. The highest BCUT2D eigenvalue weighted by molar-refractivity contribution is 5.59. The predicted octanol–water partition coefficient (Wildman–Crippen LogP) is 5.12. The molecule has 3 aliphatic rings. The van der Waals surface area contributed by atoms with Crippen molar-refractivity contribution < 1.29 is 0 Å². The fraction of sp³-hybridized carbons (Fsp3) is 0.579. The van der Waals surface area contributed by atoms with Crippen molar-refractivity contribution in [3.05, 3.63) is 41.5 Å². The fourth-order valence-corrected chi connectivity index (χ4v) is 5.19. The molecule has 2 fully saturated rings. The van der Waals surface area contributed by atoms with Crippen LogP contribution in [0.5, 0.6) is 0 Å². The van der Waals surface area contributed by atoms with Crippen LogP contribution in [0.4, 0.5) is 0 Å². The molecule has 5 unspecified atom stereocenters. The first kappa shape index (κ1) is 11.8. The van der Waals surface area contributed by atoms with E-state index in [1.54, 1.807) is 5.56 Å². The molecule has 0 heterocycles. The largest absolute Gasteiger partial charge is 0.0799 e. The first-order valence-electron chi connectivity index (χ1n) is 7.84. The van der Waals surface area contributed by atoms with Crippen LogP contribution >= 0.6 is 0 Å². The van der Waals surface area contributed by atoms with E-state index in [0.717, 1.165) is 29.6 Å². The molecule has 0 heteroatoms. The van der Waals surface area contributed by atoms with Crippen LogP contribution in [-0.4, -0.2) is 0 Å². The highest BCUT2D eigenvalue weighted by atomic mass is 14.7. The number of allylic oxidation sites excluding steroid dienone is 1. The lowest BCUT2D eigenvalue weighted by atomic mass is 9.71. The second-order valence-electron chi connectivity index (χ2n) is 7.88. The summed E-state index contributed by atoms with van der Waals surface area (Å²) < 4.78 is 0. The van der Waals surface area contributed by atoms with Gasteiger partial charge >= 0.3 is 0 Å². The van der Waals surface area contributed by atoms with Crippen LogP contribution in [0, 0.1) is 29.1 Å². The van der Waals surface area contributed by atoms with Crippen LogP contribution in [0.2, 0.25) is 0 Å². The Morgan fingerprint density at radius 3 is 2.63 bits per heavy atom. The number of rotatable bonds is 0. The smallest absolute Gasteiger partial charge is 0.00900 e. The van der Waals surface area contributed by atoms with Crippen LogP contribution in [-0.2, 0) is 0 Å². The minimum atomic E-state index is 0.495. The second kappa shape index (κ2) is 3.75. The maximum Gasteiger partial charge on any atom is -0.00900 e. The number of benzene rings is 1. The molecule has 0 bridgehead atoms. The summed E-state index contributed by atoms with van der Waals surface area (Å²) >= 11 is 0. The van der Waals surface area contributed by atoms with E-state index in [4.69, 9.17) is 0 Å². The first-order valence-corrected chi connectivity index (χ1v) is 7.84. The third-order valence-corrected chi connectivity index (χ3v) is 5.84. The zero-order valence-corrected chi connectivity index (χ0v) is 12.3. The van der Waals surface area contributed by atoms with Gasteiger partial charge in [-0.15, -0.1) is 0 Å². The van der Waals surface area contributed by atoms with Crippen molar-refractivity contribution in [1.29, 1.82) is 0 Å². The SMILES string of the molecule is CC(C)(C)C1C2CCC3c4ccccc4C=CC3C21. The van der Waals surface area contributed by atoms with E-state index in [2.05, 4.69) is 57.2 Å². The summed E-state index contributed by atoms with van der Waals surface area (Å²) in [5.41, 5.74) is 3.58. The molecule has 0 amide bonds. The first-order chi connectivity index (χ1) is 9.07. The molecule has 0 N–H and O–H groups in total. The monoisotopic (exact) mass is 252 g/mol. The van der Waals surface area contributed by atoms with Crippen molar-refractivity contribution in [2.24, 2.45) is 29.1 Å². The van der Waals surface area contributed by atoms with Gasteiger partial charge in [-0.25, -0.2) is 0 Å². The zero-order valence-electron chi connectivity index (χ0n) is 12.3. The van der Waals surface area contributed by atoms with Crippen LogP contribution in [0.1, 0.15) is 50.7 Å². The van der Waals surface area contributed by atoms with E-state index in [1.807, 2.05) is 0 Å². The molecule has 19 heavy (non-hydrogen) atoms. The summed E-state index contributed by atoms with van der Waals surface area (Å²) in [5.74, 6) is 4.55. The van der Waals surface area contributed by atoms with Crippen molar-refractivity contribution in [3.8, 4) is 0 Å². The van der Waals surface area contributed by atoms with Gasteiger partial charge in [0.25, 0.3) is 0 Å². The number of hydrogen-bond donors (Lipinski definition) is 0. The minimum absolute atomic E-state index is 0.495. The predicted molar refractivity (Wildman–Crippen MR) is 80.9 cm³/mol. The minimum Gasteiger partial charge on any atom is -0.0799 e. The van der Waals surface area contributed by atoms with Gasteiger partial charge in [-0.2, -0.15) is 0 Å². The van der Waals surface area contributed by atoms with E-state index < -0.39 is 0 Å². The van der Waals surface area contributed by atoms with Gasteiger partial charge in [-0.3, -0.25) is 0 Å². The van der Waals surface area contributed by atoms with Crippen LogP contribution in [0.3, 0.4) is 0 Å². The van der Waals surface area contributed by atoms with Gasteiger partial charge in [-0.05, 0) is 59.0 Å². The normalized spacial score (nSPS) is 39.2. The maximum absolute atomic E-state index is 2.54. The molecular weight excluding hydrogens is 228 g/mol. The molecular formula is C19H24. The summed E-state index contributed by atoms with van der Waals surface area (Å²) in [7, 11) is 0. The molecule has 2 saturated carbocycles. The third kappa shape index (κ3) is 1.65. The third-order valence-electron chi connectivity index (χ3n) is 5.84. The number of hydrogen-bond acceptors (Lipinski definition) is 0. The van der Waals surface area contributed by atoms with Gasteiger partial charge in [0.05, 0.1) is 0 Å². The molecule has 100 valence electrons. The van der Waals surface area contributed by atoms with Crippen molar-refractivity contribution in [2.75, 3.05) is 0 Å². The summed E-state index contributed by atoms with van der Waals surface area (Å²) in [6.45, 7) is 7.31. The summed E-state index contributed by atoms with van der Waals surface area (Å²) in [6, 6.07) is 9.03.